The van der Waals surface area contributed by atoms with Gasteiger partial charge in [-0.05, 0) is 53.6 Å². The van der Waals surface area contributed by atoms with E-state index >= 15 is 0 Å². The Morgan fingerprint density at radius 2 is 1.50 bits per heavy atom. The number of para-hydroxylation sites is 1. The Morgan fingerprint density at radius 1 is 0.833 bits per heavy atom. The molecule has 4 nitrogen and oxygen atoms in total. The van der Waals surface area contributed by atoms with Gasteiger partial charge in [-0.15, -0.1) is 13.2 Å². The number of amides is 2. The number of hydrogen-bond donors (Lipinski definition) is 2. The van der Waals surface area contributed by atoms with Crippen LogP contribution in [0.1, 0.15) is 11.1 Å². The highest BCUT2D eigenvalue weighted by Gasteiger charge is 2.30. The number of nitrogens with one attached hydrogen (secondary N) is 2. The molecule has 0 saturated heterocycles. The summed E-state index contributed by atoms with van der Waals surface area (Å²) in [7, 11) is 0. The van der Waals surface area contributed by atoms with E-state index in [2.05, 4.69) is 15.4 Å². The van der Waals surface area contributed by atoms with Crippen LogP contribution in [0, 0.1) is 5.82 Å². The second-order valence-electron chi connectivity index (χ2n) is 6.12. The third-order valence-electron chi connectivity index (χ3n) is 3.88. The number of hydrogen-bond acceptors (Lipinski definition) is 2. The van der Waals surface area contributed by atoms with Crippen molar-refractivity contribution < 1.29 is 27.1 Å². The fraction of sp³-hybridized carbons (Fsp3) is 0.0455. The first-order chi connectivity index (χ1) is 14.3. The lowest BCUT2D eigenvalue weighted by atomic mass is 10.1. The maximum Gasteiger partial charge on any atom is 0.573 e. The highest BCUT2D eigenvalue weighted by atomic mass is 19.4. The van der Waals surface area contributed by atoms with E-state index in [9.17, 15) is 22.4 Å². The molecule has 0 fully saturated rings. The van der Waals surface area contributed by atoms with E-state index in [1.54, 1.807) is 48.6 Å². The summed E-state index contributed by atoms with van der Waals surface area (Å²) in [5.41, 5.74) is 2.31. The molecule has 0 bridgehead atoms. The molecule has 0 aromatic heterocycles. The van der Waals surface area contributed by atoms with Gasteiger partial charge in [0.05, 0.1) is 0 Å². The minimum Gasteiger partial charge on any atom is -0.406 e. The van der Waals surface area contributed by atoms with Crippen LogP contribution in [0.5, 0.6) is 5.75 Å². The quantitative estimate of drug-likeness (QED) is 0.367. The normalized spacial score (nSPS) is 11.3. The fourth-order valence-corrected chi connectivity index (χ4v) is 2.54. The molecule has 0 unspecified atom stereocenters. The number of urea groups is 1. The van der Waals surface area contributed by atoms with Gasteiger partial charge < -0.3 is 15.4 Å². The molecule has 154 valence electrons. The van der Waals surface area contributed by atoms with Crippen molar-refractivity contribution in [3.05, 3.63) is 89.7 Å². The minimum absolute atomic E-state index is 0.293. The molecule has 0 aliphatic rings. The molecule has 3 rings (SSSR count). The lowest BCUT2D eigenvalue weighted by molar-refractivity contribution is -0.274. The van der Waals surface area contributed by atoms with Gasteiger partial charge in [-0.1, -0.05) is 42.5 Å². The molecule has 2 amide bonds. The number of ether oxygens (including phenoxy) is 1. The van der Waals surface area contributed by atoms with Gasteiger partial charge in [0, 0.05) is 11.4 Å². The van der Waals surface area contributed by atoms with Crippen molar-refractivity contribution in [3.63, 3.8) is 0 Å². The van der Waals surface area contributed by atoms with Crippen LogP contribution in [0.3, 0.4) is 0 Å². The molecule has 0 spiro atoms. The third kappa shape index (κ3) is 6.37. The number of halogens is 4. The highest BCUT2D eigenvalue weighted by Crippen LogP contribution is 2.24. The fourth-order valence-electron chi connectivity index (χ4n) is 2.54. The van der Waals surface area contributed by atoms with Gasteiger partial charge >= 0.3 is 12.4 Å². The van der Waals surface area contributed by atoms with Crippen molar-refractivity contribution in [2.45, 2.75) is 6.36 Å². The topological polar surface area (TPSA) is 50.4 Å². The SMILES string of the molecule is O=C(Nc1ccc(OC(F)(F)F)cc1)Nc1ccccc1C=Cc1ccc(F)cc1. The second kappa shape index (κ2) is 9.13. The summed E-state index contributed by atoms with van der Waals surface area (Å²) >= 11 is 0. The lowest BCUT2D eigenvalue weighted by Crippen LogP contribution is -2.20. The average molecular weight is 416 g/mol. The van der Waals surface area contributed by atoms with Crippen molar-refractivity contribution in [1.82, 2.24) is 0 Å². The monoisotopic (exact) mass is 416 g/mol. The first-order valence-corrected chi connectivity index (χ1v) is 8.75. The zero-order valence-electron chi connectivity index (χ0n) is 15.4. The first-order valence-electron chi connectivity index (χ1n) is 8.75. The molecule has 3 aromatic rings. The van der Waals surface area contributed by atoms with Crippen LogP contribution in [-0.4, -0.2) is 12.4 Å². The average Bonchev–Trinajstić information content (AvgIpc) is 2.69. The van der Waals surface area contributed by atoms with E-state index in [0.717, 1.165) is 17.7 Å². The molecular formula is C22H16F4N2O2. The van der Waals surface area contributed by atoms with Gasteiger partial charge in [0.15, 0.2) is 0 Å². The summed E-state index contributed by atoms with van der Waals surface area (Å²) in [6, 6.07) is 17.2. The Balaban J connectivity index is 1.65. The second-order valence-corrected chi connectivity index (χ2v) is 6.12. The largest absolute Gasteiger partial charge is 0.573 e. The molecule has 8 heteroatoms. The Kier molecular flexibility index (Phi) is 6.36. The van der Waals surface area contributed by atoms with Gasteiger partial charge in [-0.25, -0.2) is 9.18 Å². The zero-order chi connectivity index (χ0) is 21.6. The Bertz CT molecular complexity index is 1030. The third-order valence-corrected chi connectivity index (χ3v) is 3.88. The highest BCUT2D eigenvalue weighted by molar-refractivity contribution is 6.01. The Labute approximate surface area is 169 Å². The van der Waals surface area contributed by atoms with Gasteiger partial charge in [0.2, 0.25) is 0 Å². The molecule has 0 atom stereocenters. The summed E-state index contributed by atoms with van der Waals surface area (Å²) in [6.07, 6.45) is -1.24. The van der Waals surface area contributed by atoms with Crippen LogP contribution in [0.4, 0.5) is 33.7 Å². The molecule has 0 heterocycles. The molecule has 2 N–H and O–H groups in total. The van der Waals surface area contributed by atoms with E-state index in [0.29, 0.717) is 16.9 Å². The number of carbonyl (C=O) groups excluding carboxylic acids is 1. The van der Waals surface area contributed by atoms with Gasteiger partial charge in [0.1, 0.15) is 11.6 Å². The van der Waals surface area contributed by atoms with Crippen LogP contribution >= 0.6 is 0 Å². The number of carbonyl (C=O) groups is 1. The van der Waals surface area contributed by atoms with Crippen molar-refractivity contribution in [2.24, 2.45) is 0 Å². The van der Waals surface area contributed by atoms with E-state index in [-0.39, 0.29) is 11.6 Å². The van der Waals surface area contributed by atoms with Gasteiger partial charge in [-0.3, -0.25) is 0 Å². The Hall–Kier alpha value is -3.81. The van der Waals surface area contributed by atoms with Gasteiger partial charge in [-0.2, -0.15) is 0 Å². The van der Waals surface area contributed by atoms with Gasteiger partial charge in [0.25, 0.3) is 0 Å². The summed E-state index contributed by atoms with van der Waals surface area (Å²) < 4.78 is 53.4. The summed E-state index contributed by atoms with van der Waals surface area (Å²) in [4.78, 5) is 12.3. The maximum absolute atomic E-state index is 13.0. The molecule has 30 heavy (non-hydrogen) atoms. The first kappa shape index (κ1) is 20.9. The summed E-state index contributed by atoms with van der Waals surface area (Å²) in [5.74, 6) is -0.714. The molecule has 0 saturated carbocycles. The van der Waals surface area contributed by atoms with E-state index in [4.69, 9.17) is 0 Å². The predicted molar refractivity (Wildman–Crippen MR) is 108 cm³/mol. The van der Waals surface area contributed by atoms with E-state index in [1.165, 1.54) is 24.3 Å². The summed E-state index contributed by atoms with van der Waals surface area (Å²) in [5, 5.41) is 5.22. The van der Waals surface area contributed by atoms with Crippen LogP contribution < -0.4 is 15.4 Å². The number of anilines is 2. The number of rotatable bonds is 5. The summed E-state index contributed by atoms with van der Waals surface area (Å²) in [6.45, 7) is 0. The maximum atomic E-state index is 13.0. The van der Waals surface area contributed by atoms with Crippen LogP contribution in [0.15, 0.2) is 72.8 Å². The van der Waals surface area contributed by atoms with Crippen molar-refractivity contribution in [2.75, 3.05) is 10.6 Å². The smallest absolute Gasteiger partial charge is 0.406 e. The number of alkyl halides is 3. The van der Waals surface area contributed by atoms with Crippen molar-refractivity contribution in [1.29, 1.82) is 0 Å². The van der Waals surface area contributed by atoms with Crippen LogP contribution in [-0.2, 0) is 0 Å². The van der Waals surface area contributed by atoms with Crippen LogP contribution in [0.25, 0.3) is 12.2 Å². The minimum atomic E-state index is -4.78. The lowest BCUT2D eigenvalue weighted by Gasteiger charge is -2.11. The standard InChI is InChI=1S/C22H16F4N2O2/c23-17-9-6-15(7-10-17)5-8-16-3-1-2-4-20(16)28-21(29)27-18-11-13-19(14-12-18)30-22(24,25)26/h1-14H,(H2,27,28,29). The van der Waals surface area contributed by atoms with Crippen LogP contribution in [0.2, 0.25) is 0 Å². The van der Waals surface area contributed by atoms with Crippen molar-refractivity contribution in [3.8, 4) is 5.75 Å². The van der Waals surface area contributed by atoms with E-state index < -0.39 is 12.4 Å². The Morgan fingerprint density at radius 3 is 2.17 bits per heavy atom. The molecule has 0 aliphatic carbocycles. The van der Waals surface area contributed by atoms with Crippen molar-refractivity contribution >= 4 is 29.6 Å². The van der Waals surface area contributed by atoms with E-state index in [1.807, 2.05) is 0 Å². The number of benzene rings is 3. The molecule has 0 radical (unpaired) electrons. The predicted octanol–water partition coefficient (Wildman–Crippen LogP) is 6.54. The molecular weight excluding hydrogens is 400 g/mol. The zero-order valence-corrected chi connectivity index (χ0v) is 15.4. The molecule has 0 aliphatic heterocycles. The molecule has 3 aromatic carbocycles.